The first-order valence-corrected chi connectivity index (χ1v) is 7.34. The van der Waals surface area contributed by atoms with Crippen LogP contribution in [0.1, 0.15) is 30.9 Å². The molecule has 3 atom stereocenters. The smallest absolute Gasteiger partial charge is 0.115 e. The van der Waals surface area contributed by atoms with Gasteiger partial charge in [0.1, 0.15) is 5.75 Å². The number of nitrogens with zero attached hydrogens (tertiary/aromatic N) is 2. The molecular weight excluding hydrogens is 236 g/mol. The summed E-state index contributed by atoms with van der Waals surface area (Å²) in [5.74, 6) is 1.20. The van der Waals surface area contributed by atoms with Gasteiger partial charge in [-0.05, 0) is 63.5 Å². The van der Waals surface area contributed by atoms with Crippen molar-refractivity contribution in [2.75, 3.05) is 27.2 Å². The number of phenolic OH excluding ortho intramolecular Hbond substituents is 1. The van der Waals surface area contributed by atoms with Gasteiger partial charge in [0.05, 0.1) is 0 Å². The molecule has 3 nitrogen and oxygen atoms in total. The molecular formula is C16H24N2O. The SMILES string of the molecule is CN1CC[C@@H]2[C@H](CC[C@@H](c3cccc(O)c3)N2C)C1. The van der Waals surface area contributed by atoms with Gasteiger partial charge in [0, 0.05) is 18.6 Å². The van der Waals surface area contributed by atoms with Crippen molar-refractivity contribution in [1.29, 1.82) is 0 Å². The number of hydrogen-bond acceptors (Lipinski definition) is 3. The highest BCUT2D eigenvalue weighted by Gasteiger charge is 2.38. The Morgan fingerprint density at radius 2 is 2.00 bits per heavy atom. The van der Waals surface area contributed by atoms with Gasteiger partial charge in [0.25, 0.3) is 0 Å². The van der Waals surface area contributed by atoms with Crippen molar-refractivity contribution in [3.05, 3.63) is 29.8 Å². The molecule has 1 N–H and O–H groups in total. The van der Waals surface area contributed by atoms with Gasteiger partial charge in [0.2, 0.25) is 0 Å². The molecule has 2 aliphatic rings. The van der Waals surface area contributed by atoms with E-state index in [0.717, 1.165) is 5.92 Å². The van der Waals surface area contributed by atoms with Gasteiger partial charge in [-0.2, -0.15) is 0 Å². The number of likely N-dealkylation sites (tertiary alicyclic amines) is 2. The van der Waals surface area contributed by atoms with Crippen LogP contribution in [0, 0.1) is 5.92 Å². The third kappa shape index (κ3) is 2.49. The fraction of sp³-hybridized carbons (Fsp3) is 0.625. The van der Waals surface area contributed by atoms with E-state index in [2.05, 4.69) is 30.0 Å². The van der Waals surface area contributed by atoms with Crippen LogP contribution in [0.4, 0.5) is 0 Å². The minimum atomic E-state index is 0.386. The van der Waals surface area contributed by atoms with E-state index in [1.807, 2.05) is 12.1 Å². The predicted molar refractivity (Wildman–Crippen MR) is 77.2 cm³/mol. The van der Waals surface area contributed by atoms with E-state index in [0.29, 0.717) is 17.8 Å². The summed E-state index contributed by atoms with van der Waals surface area (Å²) in [6, 6.07) is 8.96. The third-order valence-electron chi connectivity index (χ3n) is 4.98. The van der Waals surface area contributed by atoms with Crippen molar-refractivity contribution in [2.24, 2.45) is 5.92 Å². The number of hydrogen-bond donors (Lipinski definition) is 1. The zero-order valence-corrected chi connectivity index (χ0v) is 11.9. The van der Waals surface area contributed by atoms with Gasteiger partial charge in [-0.15, -0.1) is 0 Å². The maximum atomic E-state index is 9.67. The van der Waals surface area contributed by atoms with E-state index >= 15 is 0 Å². The Bertz CT molecular complexity index is 448. The lowest BCUT2D eigenvalue weighted by atomic mass is 9.80. The first kappa shape index (κ1) is 12.9. The molecule has 19 heavy (non-hydrogen) atoms. The van der Waals surface area contributed by atoms with E-state index in [1.165, 1.54) is 37.9 Å². The molecule has 3 rings (SSSR count). The number of aromatic hydroxyl groups is 1. The van der Waals surface area contributed by atoms with Crippen LogP contribution < -0.4 is 0 Å². The Morgan fingerprint density at radius 3 is 2.79 bits per heavy atom. The summed E-state index contributed by atoms with van der Waals surface area (Å²) in [7, 11) is 4.49. The molecule has 0 bridgehead atoms. The lowest BCUT2D eigenvalue weighted by molar-refractivity contribution is 0.0119. The van der Waals surface area contributed by atoms with Crippen LogP contribution in [0.3, 0.4) is 0 Å². The second-order valence-electron chi connectivity index (χ2n) is 6.23. The van der Waals surface area contributed by atoms with E-state index in [9.17, 15) is 5.11 Å². The molecule has 0 saturated carbocycles. The molecule has 3 heteroatoms. The van der Waals surface area contributed by atoms with E-state index in [-0.39, 0.29) is 0 Å². The van der Waals surface area contributed by atoms with Crippen LogP contribution in [0.15, 0.2) is 24.3 Å². The molecule has 0 unspecified atom stereocenters. The van der Waals surface area contributed by atoms with Crippen molar-refractivity contribution in [2.45, 2.75) is 31.3 Å². The highest BCUT2D eigenvalue weighted by atomic mass is 16.3. The minimum Gasteiger partial charge on any atom is -0.508 e. The largest absolute Gasteiger partial charge is 0.508 e. The molecule has 0 radical (unpaired) electrons. The molecule has 2 aliphatic heterocycles. The average molecular weight is 260 g/mol. The third-order valence-corrected chi connectivity index (χ3v) is 4.98. The topological polar surface area (TPSA) is 26.7 Å². The maximum absolute atomic E-state index is 9.67. The van der Waals surface area contributed by atoms with Gasteiger partial charge < -0.3 is 10.0 Å². The molecule has 0 aliphatic carbocycles. The second-order valence-corrected chi connectivity index (χ2v) is 6.23. The summed E-state index contributed by atoms with van der Waals surface area (Å²) in [4.78, 5) is 5.01. The number of piperidine rings is 2. The first-order valence-electron chi connectivity index (χ1n) is 7.34. The molecule has 0 amide bonds. The minimum absolute atomic E-state index is 0.386. The van der Waals surface area contributed by atoms with E-state index in [1.54, 1.807) is 6.07 Å². The van der Waals surface area contributed by atoms with Crippen molar-refractivity contribution in [3.8, 4) is 5.75 Å². The number of fused-ring (bicyclic) bond motifs is 1. The zero-order chi connectivity index (χ0) is 13.4. The molecule has 1 aromatic rings. The van der Waals surface area contributed by atoms with Crippen LogP contribution in [0.5, 0.6) is 5.75 Å². The maximum Gasteiger partial charge on any atom is 0.115 e. The Morgan fingerprint density at radius 1 is 1.16 bits per heavy atom. The van der Waals surface area contributed by atoms with Crippen LogP contribution >= 0.6 is 0 Å². The second kappa shape index (κ2) is 5.14. The Labute approximate surface area is 115 Å². The van der Waals surface area contributed by atoms with E-state index < -0.39 is 0 Å². The zero-order valence-electron chi connectivity index (χ0n) is 11.9. The normalized spacial score (nSPS) is 33.1. The lowest BCUT2D eigenvalue weighted by Gasteiger charge is -2.49. The van der Waals surface area contributed by atoms with Crippen LogP contribution in [-0.2, 0) is 0 Å². The highest BCUT2D eigenvalue weighted by molar-refractivity contribution is 5.30. The van der Waals surface area contributed by atoms with Gasteiger partial charge >= 0.3 is 0 Å². The highest BCUT2D eigenvalue weighted by Crippen LogP contribution is 2.39. The van der Waals surface area contributed by atoms with E-state index in [4.69, 9.17) is 0 Å². The summed E-state index contributed by atoms with van der Waals surface area (Å²) >= 11 is 0. The predicted octanol–water partition coefficient (Wildman–Crippen LogP) is 2.48. The van der Waals surface area contributed by atoms with Gasteiger partial charge in [-0.25, -0.2) is 0 Å². The van der Waals surface area contributed by atoms with Crippen LogP contribution in [0.25, 0.3) is 0 Å². The lowest BCUT2D eigenvalue weighted by Crippen LogP contribution is -2.52. The Balaban J connectivity index is 1.79. The van der Waals surface area contributed by atoms with Crippen molar-refractivity contribution in [1.82, 2.24) is 9.80 Å². The molecule has 104 valence electrons. The fourth-order valence-electron chi connectivity index (χ4n) is 3.96. The standard InChI is InChI=1S/C16H24N2O/c1-17-9-8-16-13(11-17)6-7-15(18(16)2)12-4-3-5-14(19)10-12/h3-5,10,13,15-16,19H,6-9,11H2,1-2H3/t13-,15+,16-/m1/s1. The molecule has 2 fully saturated rings. The Kier molecular flexibility index (Phi) is 3.50. The van der Waals surface area contributed by atoms with Crippen molar-refractivity contribution >= 4 is 0 Å². The van der Waals surface area contributed by atoms with Gasteiger partial charge in [-0.1, -0.05) is 12.1 Å². The van der Waals surface area contributed by atoms with Crippen molar-refractivity contribution < 1.29 is 5.11 Å². The van der Waals surface area contributed by atoms with Crippen LogP contribution in [0.2, 0.25) is 0 Å². The first-order chi connectivity index (χ1) is 9.15. The monoisotopic (exact) mass is 260 g/mol. The van der Waals surface area contributed by atoms with Crippen molar-refractivity contribution in [3.63, 3.8) is 0 Å². The molecule has 2 saturated heterocycles. The summed E-state index contributed by atoms with van der Waals surface area (Å²) < 4.78 is 0. The summed E-state index contributed by atoms with van der Waals surface area (Å²) in [5, 5.41) is 9.67. The summed E-state index contributed by atoms with van der Waals surface area (Å²) in [6.07, 6.45) is 3.78. The van der Waals surface area contributed by atoms with Crippen LogP contribution in [-0.4, -0.2) is 48.1 Å². The quantitative estimate of drug-likeness (QED) is 0.840. The Hall–Kier alpha value is -1.06. The molecule has 0 aromatic heterocycles. The molecule has 0 spiro atoms. The summed E-state index contributed by atoms with van der Waals surface area (Å²) in [6.45, 7) is 2.44. The van der Waals surface area contributed by atoms with Gasteiger partial charge in [0.15, 0.2) is 0 Å². The number of benzene rings is 1. The number of phenols is 1. The fourth-order valence-corrected chi connectivity index (χ4v) is 3.96. The van der Waals surface area contributed by atoms with Gasteiger partial charge in [-0.3, -0.25) is 4.90 Å². The average Bonchev–Trinajstić information content (AvgIpc) is 2.39. The summed E-state index contributed by atoms with van der Waals surface area (Å²) in [5.41, 5.74) is 1.26. The number of rotatable bonds is 1. The molecule has 1 aromatic carbocycles. The molecule has 2 heterocycles.